The summed E-state index contributed by atoms with van der Waals surface area (Å²) in [6.07, 6.45) is -0.103. The van der Waals surface area contributed by atoms with Gasteiger partial charge < -0.3 is 15.3 Å². The first-order valence-corrected chi connectivity index (χ1v) is 6.30. The van der Waals surface area contributed by atoms with E-state index in [0.717, 1.165) is 5.56 Å². The molecule has 0 aliphatic rings. The second-order valence-electron chi connectivity index (χ2n) is 4.75. The van der Waals surface area contributed by atoms with Crippen LogP contribution < -0.4 is 5.32 Å². The molecule has 2 N–H and O–H groups in total. The molecule has 0 aromatic heterocycles. The number of carboxylic acid groups (broad SMARTS) is 1. The first-order valence-electron chi connectivity index (χ1n) is 6.30. The van der Waals surface area contributed by atoms with Crippen molar-refractivity contribution >= 4 is 12.0 Å². The molecule has 1 aromatic rings. The number of hydrogen-bond donors (Lipinski definition) is 2. The number of hydrogen-bond acceptors (Lipinski definition) is 2. The summed E-state index contributed by atoms with van der Waals surface area (Å²) >= 11 is 0. The quantitative estimate of drug-likeness (QED) is 0.870. The molecule has 0 aliphatic heterocycles. The van der Waals surface area contributed by atoms with Crippen molar-refractivity contribution in [1.29, 1.82) is 0 Å². The van der Waals surface area contributed by atoms with Gasteiger partial charge in [-0.25, -0.2) is 9.18 Å². The smallest absolute Gasteiger partial charge is 0.317 e. The normalized spacial score (nSPS) is 11.8. The largest absolute Gasteiger partial charge is 0.481 e. The van der Waals surface area contributed by atoms with Crippen LogP contribution in [0.4, 0.5) is 9.18 Å². The van der Waals surface area contributed by atoms with Crippen molar-refractivity contribution in [3.05, 3.63) is 35.1 Å². The number of aryl methyl sites for hydroxylation is 1. The maximum Gasteiger partial charge on any atom is 0.317 e. The van der Waals surface area contributed by atoms with Crippen LogP contribution in [0.5, 0.6) is 0 Å². The summed E-state index contributed by atoms with van der Waals surface area (Å²) < 4.78 is 13.2. The summed E-state index contributed by atoms with van der Waals surface area (Å²) in [6, 6.07) is 4.01. The number of amides is 2. The third-order valence-electron chi connectivity index (χ3n) is 3.03. The van der Waals surface area contributed by atoms with E-state index in [2.05, 4.69) is 5.32 Å². The molecule has 0 bridgehead atoms. The van der Waals surface area contributed by atoms with Crippen molar-refractivity contribution in [2.75, 3.05) is 13.6 Å². The third kappa shape index (κ3) is 4.53. The Kier molecular flexibility index (Phi) is 5.49. The van der Waals surface area contributed by atoms with Crippen LogP contribution in [0.2, 0.25) is 0 Å². The Hall–Kier alpha value is -2.11. The summed E-state index contributed by atoms with van der Waals surface area (Å²) in [4.78, 5) is 23.6. The van der Waals surface area contributed by atoms with E-state index in [1.807, 2.05) is 0 Å². The lowest BCUT2D eigenvalue weighted by Gasteiger charge is -2.21. The Morgan fingerprint density at radius 2 is 2.10 bits per heavy atom. The van der Waals surface area contributed by atoms with Crippen molar-refractivity contribution in [3.63, 3.8) is 0 Å². The molecule has 1 rings (SSSR count). The summed E-state index contributed by atoms with van der Waals surface area (Å²) in [6.45, 7) is 3.58. The van der Waals surface area contributed by atoms with Crippen LogP contribution in [0, 0.1) is 12.7 Å². The van der Waals surface area contributed by atoms with Gasteiger partial charge in [0.05, 0.1) is 12.5 Å². The van der Waals surface area contributed by atoms with Gasteiger partial charge in [-0.3, -0.25) is 4.79 Å². The van der Waals surface area contributed by atoms with Crippen LogP contribution in [0.1, 0.15) is 30.5 Å². The number of rotatable bonds is 5. The SMILES string of the molecule is Cc1cc(C(C)NC(=O)N(C)CCC(=O)O)ccc1F. The van der Waals surface area contributed by atoms with E-state index in [4.69, 9.17) is 5.11 Å². The fourth-order valence-electron chi connectivity index (χ4n) is 1.68. The molecule has 1 atom stereocenters. The van der Waals surface area contributed by atoms with E-state index in [1.54, 1.807) is 26.0 Å². The van der Waals surface area contributed by atoms with Crippen LogP contribution >= 0.6 is 0 Å². The maximum absolute atomic E-state index is 13.2. The van der Waals surface area contributed by atoms with Crippen LogP contribution in [-0.2, 0) is 4.79 Å². The number of carboxylic acids is 1. The standard InChI is InChI=1S/C14H19FN2O3/c1-9-8-11(4-5-12(9)15)10(2)16-14(20)17(3)7-6-13(18)19/h4-5,8,10H,6-7H2,1-3H3,(H,16,20)(H,18,19). The fourth-order valence-corrected chi connectivity index (χ4v) is 1.68. The monoisotopic (exact) mass is 282 g/mol. The summed E-state index contributed by atoms with van der Waals surface area (Å²) in [7, 11) is 1.53. The van der Waals surface area contributed by atoms with Gasteiger partial charge in [0.15, 0.2) is 0 Å². The molecule has 5 nitrogen and oxygen atoms in total. The van der Waals surface area contributed by atoms with Gasteiger partial charge in [-0.05, 0) is 31.0 Å². The lowest BCUT2D eigenvalue weighted by atomic mass is 10.1. The minimum atomic E-state index is -0.952. The van der Waals surface area contributed by atoms with Crippen LogP contribution in [0.25, 0.3) is 0 Å². The van der Waals surface area contributed by atoms with Crippen molar-refractivity contribution in [2.24, 2.45) is 0 Å². The topological polar surface area (TPSA) is 69.6 Å². The molecular weight excluding hydrogens is 263 g/mol. The minimum absolute atomic E-state index is 0.103. The number of urea groups is 1. The molecule has 0 aliphatic carbocycles. The lowest BCUT2D eigenvalue weighted by Crippen LogP contribution is -2.39. The molecule has 0 spiro atoms. The van der Waals surface area contributed by atoms with Gasteiger partial charge in [0.2, 0.25) is 0 Å². The van der Waals surface area contributed by atoms with Gasteiger partial charge in [-0.15, -0.1) is 0 Å². The van der Waals surface area contributed by atoms with Gasteiger partial charge in [-0.1, -0.05) is 12.1 Å². The molecule has 0 saturated heterocycles. The van der Waals surface area contributed by atoms with Crippen molar-refractivity contribution in [1.82, 2.24) is 10.2 Å². The fraction of sp³-hybridized carbons (Fsp3) is 0.429. The number of nitrogens with one attached hydrogen (secondary N) is 1. The predicted octanol–water partition coefficient (Wildman–Crippen LogP) is 2.31. The summed E-state index contributed by atoms with van der Waals surface area (Å²) in [5.74, 6) is -1.24. The third-order valence-corrected chi connectivity index (χ3v) is 3.03. The van der Waals surface area contributed by atoms with E-state index in [-0.39, 0.29) is 30.9 Å². The number of benzene rings is 1. The number of nitrogens with zero attached hydrogens (tertiary/aromatic N) is 1. The lowest BCUT2D eigenvalue weighted by molar-refractivity contribution is -0.137. The first kappa shape index (κ1) is 15.9. The molecule has 0 saturated carbocycles. The number of carbonyl (C=O) groups is 2. The first-order chi connectivity index (χ1) is 9.31. The highest BCUT2D eigenvalue weighted by molar-refractivity contribution is 5.75. The molecule has 2 amide bonds. The summed E-state index contributed by atoms with van der Waals surface area (Å²) in [5.41, 5.74) is 1.31. The Morgan fingerprint density at radius 1 is 1.45 bits per heavy atom. The summed E-state index contributed by atoms with van der Waals surface area (Å²) in [5, 5.41) is 11.3. The molecule has 1 aromatic carbocycles. The molecule has 110 valence electrons. The predicted molar refractivity (Wildman–Crippen MR) is 73.0 cm³/mol. The molecule has 0 heterocycles. The van der Waals surface area contributed by atoms with Gasteiger partial charge in [-0.2, -0.15) is 0 Å². The molecule has 0 radical (unpaired) electrons. The Labute approximate surface area is 117 Å². The Bertz CT molecular complexity index is 505. The van der Waals surface area contributed by atoms with E-state index in [9.17, 15) is 14.0 Å². The minimum Gasteiger partial charge on any atom is -0.481 e. The van der Waals surface area contributed by atoms with Crippen molar-refractivity contribution < 1.29 is 19.1 Å². The van der Waals surface area contributed by atoms with Gasteiger partial charge in [0.25, 0.3) is 0 Å². The Balaban J connectivity index is 2.60. The molecule has 6 heteroatoms. The van der Waals surface area contributed by atoms with Gasteiger partial charge >= 0.3 is 12.0 Å². The average molecular weight is 282 g/mol. The molecular formula is C14H19FN2O3. The molecule has 1 unspecified atom stereocenters. The van der Waals surface area contributed by atoms with Crippen molar-refractivity contribution in [2.45, 2.75) is 26.3 Å². The number of aliphatic carboxylic acids is 1. The van der Waals surface area contributed by atoms with E-state index in [0.29, 0.717) is 5.56 Å². The molecule has 20 heavy (non-hydrogen) atoms. The number of carbonyl (C=O) groups excluding carboxylic acids is 1. The molecule has 0 fully saturated rings. The number of halogens is 1. The van der Waals surface area contributed by atoms with Crippen LogP contribution in [0.3, 0.4) is 0 Å². The van der Waals surface area contributed by atoms with E-state index in [1.165, 1.54) is 18.0 Å². The second-order valence-corrected chi connectivity index (χ2v) is 4.75. The maximum atomic E-state index is 13.2. The zero-order valence-corrected chi connectivity index (χ0v) is 11.8. The average Bonchev–Trinajstić information content (AvgIpc) is 2.38. The van der Waals surface area contributed by atoms with Gasteiger partial charge in [0.1, 0.15) is 5.82 Å². The highest BCUT2D eigenvalue weighted by Gasteiger charge is 2.14. The zero-order chi connectivity index (χ0) is 15.3. The van der Waals surface area contributed by atoms with Gasteiger partial charge in [0, 0.05) is 13.6 Å². The highest BCUT2D eigenvalue weighted by Crippen LogP contribution is 2.16. The van der Waals surface area contributed by atoms with E-state index >= 15 is 0 Å². The highest BCUT2D eigenvalue weighted by atomic mass is 19.1. The second kappa shape index (κ2) is 6.88. The van der Waals surface area contributed by atoms with E-state index < -0.39 is 5.97 Å². The Morgan fingerprint density at radius 3 is 2.65 bits per heavy atom. The zero-order valence-electron chi connectivity index (χ0n) is 11.8. The van der Waals surface area contributed by atoms with Crippen LogP contribution in [-0.4, -0.2) is 35.6 Å². The van der Waals surface area contributed by atoms with Crippen LogP contribution in [0.15, 0.2) is 18.2 Å². The van der Waals surface area contributed by atoms with Crippen molar-refractivity contribution in [3.8, 4) is 0 Å².